The molecule has 0 bridgehead atoms. The molecule has 0 aromatic heterocycles. The van der Waals surface area contributed by atoms with Gasteiger partial charge in [-0.15, -0.1) is 0 Å². The summed E-state index contributed by atoms with van der Waals surface area (Å²) in [4.78, 5) is 14.5. The van der Waals surface area contributed by atoms with Crippen molar-refractivity contribution in [2.75, 3.05) is 7.11 Å². The first kappa shape index (κ1) is 6.78. The second kappa shape index (κ2) is 2.87. The summed E-state index contributed by atoms with van der Waals surface area (Å²) in [5, 5.41) is 0. The van der Waals surface area contributed by atoms with Gasteiger partial charge in [-0.05, 0) is 12.8 Å². The molecule has 0 N–H and O–H groups in total. The van der Waals surface area contributed by atoms with Crippen molar-refractivity contribution in [3.8, 4) is 0 Å². The van der Waals surface area contributed by atoms with Crippen LogP contribution in [0.5, 0.6) is 0 Å². The van der Waals surface area contributed by atoms with Gasteiger partial charge in [0.2, 0.25) is 0 Å². The molecule has 0 aliphatic rings. The molecule has 0 heterocycles. The Kier molecular flexibility index (Phi) is 2.78. The van der Waals surface area contributed by atoms with Gasteiger partial charge in [0.1, 0.15) is 0 Å². The number of hydrogen-bond acceptors (Lipinski definition) is 3. The SMILES string of the molecule is CON(S)C(C)=O. The fourth-order valence-electron chi connectivity index (χ4n) is 0.129. The zero-order valence-corrected chi connectivity index (χ0v) is 5.11. The molecule has 0 atom stereocenters. The van der Waals surface area contributed by atoms with E-state index < -0.39 is 0 Å². The third-order valence-corrected chi connectivity index (χ3v) is 0.887. The number of thiol groups is 1. The summed E-state index contributed by atoms with van der Waals surface area (Å²) in [5.41, 5.74) is 0. The Labute approximate surface area is 47.7 Å². The Bertz CT molecular complexity index is 75.3. The van der Waals surface area contributed by atoms with Gasteiger partial charge in [-0.1, -0.05) is 0 Å². The van der Waals surface area contributed by atoms with Gasteiger partial charge >= 0.3 is 0 Å². The molecule has 0 spiro atoms. The highest BCUT2D eigenvalue weighted by Crippen LogP contribution is 1.90. The van der Waals surface area contributed by atoms with Gasteiger partial charge in [0.15, 0.2) is 0 Å². The molecular formula is C3H7NO2S. The minimum absolute atomic E-state index is 0.231. The third-order valence-electron chi connectivity index (χ3n) is 0.442. The van der Waals surface area contributed by atoms with Gasteiger partial charge < -0.3 is 0 Å². The van der Waals surface area contributed by atoms with Crippen LogP contribution in [0.1, 0.15) is 6.92 Å². The normalized spacial score (nSPS) is 8.43. The maximum atomic E-state index is 10.1. The van der Waals surface area contributed by atoms with Crippen LogP contribution in [-0.2, 0) is 9.63 Å². The Balaban J connectivity index is 3.34. The van der Waals surface area contributed by atoms with Crippen LogP contribution >= 0.6 is 12.8 Å². The first-order valence-electron chi connectivity index (χ1n) is 1.72. The minimum Gasteiger partial charge on any atom is -0.272 e. The second-order valence-electron chi connectivity index (χ2n) is 0.975. The number of carbonyl (C=O) groups excluding carboxylic acids is 1. The molecule has 0 unspecified atom stereocenters. The molecule has 0 aromatic rings. The van der Waals surface area contributed by atoms with Crippen LogP contribution in [0.15, 0.2) is 0 Å². The lowest BCUT2D eigenvalue weighted by molar-refractivity contribution is -0.147. The number of nitrogens with zero attached hydrogens (tertiary/aromatic N) is 1. The number of hydrogen-bond donors (Lipinski definition) is 1. The first-order chi connectivity index (χ1) is 3.18. The van der Waals surface area contributed by atoms with Gasteiger partial charge in [0, 0.05) is 6.92 Å². The van der Waals surface area contributed by atoms with Crippen LogP contribution in [0.25, 0.3) is 0 Å². The van der Waals surface area contributed by atoms with Crippen LogP contribution < -0.4 is 0 Å². The van der Waals surface area contributed by atoms with Crippen molar-refractivity contribution < 1.29 is 9.63 Å². The molecule has 4 heteroatoms. The van der Waals surface area contributed by atoms with Crippen LogP contribution in [-0.4, -0.2) is 17.5 Å². The summed E-state index contributed by atoms with van der Waals surface area (Å²) in [6.07, 6.45) is 0. The molecule has 1 amide bonds. The third kappa shape index (κ3) is 2.47. The summed E-state index contributed by atoms with van der Waals surface area (Å²) in [5.74, 6) is -0.231. The van der Waals surface area contributed by atoms with Crippen molar-refractivity contribution in [2.45, 2.75) is 6.92 Å². The fraction of sp³-hybridized carbons (Fsp3) is 0.667. The molecule has 0 radical (unpaired) electrons. The highest BCUT2D eigenvalue weighted by atomic mass is 32.1. The Hall–Kier alpha value is -0.220. The van der Waals surface area contributed by atoms with E-state index in [0.717, 1.165) is 4.47 Å². The van der Waals surface area contributed by atoms with Crippen LogP contribution in [0.2, 0.25) is 0 Å². The Morgan fingerprint density at radius 1 is 1.86 bits per heavy atom. The van der Waals surface area contributed by atoms with Crippen molar-refractivity contribution >= 4 is 18.7 Å². The van der Waals surface area contributed by atoms with Crippen molar-refractivity contribution in [2.24, 2.45) is 0 Å². The minimum atomic E-state index is -0.231. The summed E-state index contributed by atoms with van der Waals surface area (Å²) in [7, 11) is 1.37. The number of amides is 1. The Morgan fingerprint density at radius 3 is 2.29 bits per heavy atom. The molecular weight excluding hydrogens is 114 g/mol. The summed E-state index contributed by atoms with van der Waals surface area (Å²) < 4.78 is 0.847. The van der Waals surface area contributed by atoms with E-state index in [9.17, 15) is 4.79 Å². The lowest BCUT2D eigenvalue weighted by Crippen LogP contribution is -2.15. The van der Waals surface area contributed by atoms with E-state index >= 15 is 0 Å². The largest absolute Gasteiger partial charge is 0.272 e. The highest BCUT2D eigenvalue weighted by molar-refractivity contribution is 7.78. The van der Waals surface area contributed by atoms with Crippen LogP contribution in [0.3, 0.4) is 0 Å². The summed E-state index contributed by atoms with van der Waals surface area (Å²) >= 11 is 3.59. The molecule has 0 saturated heterocycles. The molecule has 3 nitrogen and oxygen atoms in total. The quantitative estimate of drug-likeness (QED) is 0.398. The molecule has 0 aliphatic carbocycles. The van der Waals surface area contributed by atoms with Crippen molar-refractivity contribution in [3.63, 3.8) is 0 Å². The van der Waals surface area contributed by atoms with E-state index in [4.69, 9.17) is 0 Å². The van der Waals surface area contributed by atoms with E-state index in [0.29, 0.717) is 0 Å². The van der Waals surface area contributed by atoms with Crippen LogP contribution in [0.4, 0.5) is 0 Å². The van der Waals surface area contributed by atoms with Crippen LogP contribution in [0, 0.1) is 0 Å². The number of hydroxylamine groups is 1. The second-order valence-corrected chi connectivity index (χ2v) is 1.34. The summed E-state index contributed by atoms with van der Waals surface area (Å²) in [6.45, 7) is 1.36. The lowest BCUT2D eigenvalue weighted by Gasteiger charge is -2.06. The molecule has 7 heavy (non-hydrogen) atoms. The lowest BCUT2D eigenvalue weighted by atomic mass is 10.8. The molecule has 0 fully saturated rings. The van der Waals surface area contributed by atoms with Gasteiger partial charge in [-0.2, -0.15) is 4.47 Å². The van der Waals surface area contributed by atoms with Crippen molar-refractivity contribution in [1.29, 1.82) is 0 Å². The van der Waals surface area contributed by atoms with Gasteiger partial charge in [0.25, 0.3) is 5.91 Å². The maximum Gasteiger partial charge on any atom is 0.253 e. The molecule has 0 rings (SSSR count). The molecule has 0 saturated carbocycles. The number of carbonyl (C=O) groups is 1. The molecule has 42 valence electrons. The van der Waals surface area contributed by atoms with Gasteiger partial charge in [-0.25, -0.2) is 0 Å². The van der Waals surface area contributed by atoms with Gasteiger partial charge in [-0.3, -0.25) is 9.63 Å². The van der Waals surface area contributed by atoms with E-state index in [1.165, 1.54) is 14.0 Å². The van der Waals surface area contributed by atoms with E-state index in [1.807, 2.05) is 0 Å². The molecule has 0 aliphatic heterocycles. The number of rotatable bonds is 1. The van der Waals surface area contributed by atoms with E-state index in [-0.39, 0.29) is 5.91 Å². The predicted octanol–water partition coefficient (Wildman–Crippen LogP) is 0.241. The zero-order valence-electron chi connectivity index (χ0n) is 4.21. The van der Waals surface area contributed by atoms with Gasteiger partial charge in [0.05, 0.1) is 7.11 Å². The summed E-state index contributed by atoms with van der Waals surface area (Å²) in [6, 6.07) is 0. The first-order valence-corrected chi connectivity index (χ1v) is 2.12. The monoisotopic (exact) mass is 121 g/mol. The predicted molar refractivity (Wildman–Crippen MR) is 28.5 cm³/mol. The molecule has 0 aromatic carbocycles. The Morgan fingerprint density at radius 2 is 2.29 bits per heavy atom. The smallest absolute Gasteiger partial charge is 0.253 e. The average Bonchev–Trinajstić information content (AvgIpc) is 1.65. The van der Waals surface area contributed by atoms with Crippen molar-refractivity contribution in [1.82, 2.24) is 4.47 Å². The average molecular weight is 121 g/mol. The topological polar surface area (TPSA) is 29.5 Å². The zero-order chi connectivity index (χ0) is 5.86. The fourth-order valence-corrected chi connectivity index (χ4v) is 0.129. The van der Waals surface area contributed by atoms with Crippen molar-refractivity contribution in [3.05, 3.63) is 0 Å². The standard InChI is InChI=1S/C3H7NO2S/c1-3(5)4(7)6-2/h7H,1-2H3. The van der Waals surface area contributed by atoms with E-state index in [1.54, 1.807) is 0 Å². The van der Waals surface area contributed by atoms with E-state index in [2.05, 4.69) is 17.7 Å². The highest BCUT2D eigenvalue weighted by Gasteiger charge is 1.96. The maximum absolute atomic E-state index is 10.1.